The van der Waals surface area contributed by atoms with Gasteiger partial charge in [0.1, 0.15) is 11.2 Å². The molecule has 4 aromatic heterocycles. The van der Waals surface area contributed by atoms with Gasteiger partial charge in [-0.05, 0) is 89.0 Å². The first-order chi connectivity index (χ1) is 28.8. The predicted octanol–water partition coefficient (Wildman–Crippen LogP) is 14.9. The van der Waals surface area contributed by atoms with Gasteiger partial charge in [-0.15, -0.1) is 0 Å². The van der Waals surface area contributed by atoms with Crippen LogP contribution in [0.1, 0.15) is 0 Å². The molecule has 4 heterocycles. The van der Waals surface area contributed by atoms with Gasteiger partial charge in [0, 0.05) is 55.4 Å². The van der Waals surface area contributed by atoms with Crippen molar-refractivity contribution in [3.05, 3.63) is 200 Å². The number of hydrogen-bond acceptors (Lipinski definition) is 2. The van der Waals surface area contributed by atoms with E-state index in [1.807, 2.05) is 12.1 Å². The molecule has 0 aliphatic rings. The smallest absolute Gasteiger partial charge is 0.137 e. The van der Waals surface area contributed by atoms with Gasteiger partial charge in [0.15, 0.2) is 0 Å². The van der Waals surface area contributed by atoms with Crippen LogP contribution in [0.25, 0.3) is 98.8 Å². The molecule has 0 amide bonds. The summed E-state index contributed by atoms with van der Waals surface area (Å²) in [5.41, 5.74) is 16.7. The summed E-state index contributed by atoms with van der Waals surface area (Å²) in [6, 6.07) is 72.6. The van der Waals surface area contributed by atoms with Gasteiger partial charge in [0.2, 0.25) is 0 Å². The van der Waals surface area contributed by atoms with Crippen LogP contribution in [0.15, 0.2) is 205 Å². The lowest BCUT2D eigenvalue weighted by atomic mass is 9.97. The molecule has 4 nitrogen and oxygen atoms in total. The Bertz CT molecular complexity index is 3680. The fourth-order valence-electron chi connectivity index (χ4n) is 9.66. The number of para-hydroxylation sites is 3. The Morgan fingerprint density at radius 1 is 0.293 bits per heavy atom. The fourth-order valence-corrected chi connectivity index (χ4v) is 9.66. The molecule has 13 aromatic rings. The Morgan fingerprint density at radius 3 is 1.45 bits per heavy atom. The SMILES string of the molecule is c1ccc(-c2cc(-c3ccccc3)cc(N(c3ccc4c(c3)oc3ccccc34)c3ccc4c(c3)n3c5ccccc5c5ccc6c7ccccc7n4c6c53)c2)cc1. The van der Waals surface area contributed by atoms with E-state index >= 15 is 0 Å². The molecule has 0 unspecified atom stereocenters. The first-order valence-corrected chi connectivity index (χ1v) is 19.8. The molecule has 0 saturated carbocycles. The Morgan fingerprint density at radius 2 is 0.793 bits per heavy atom. The van der Waals surface area contributed by atoms with Crippen molar-refractivity contribution in [2.75, 3.05) is 4.90 Å². The topological polar surface area (TPSA) is 25.2 Å². The van der Waals surface area contributed by atoms with Crippen molar-refractivity contribution in [2.45, 2.75) is 0 Å². The van der Waals surface area contributed by atoms with Crippen LogP contribution in [0.4, 0.5) is 17.1 Å². The van der Waals surface area contributed by atoms with Gasteiger partial charge in [0.25, 0.3) is 0 Å². The molecule has 0 fully saturated rings. The monoisotopic (exact) mass is 739 g/mol. The average Bonchev–Trinajstić information content (AvgIpc) is 3.95. The van der Waals surface area contributed by atoms with Crippen molar-refractivity contribution in [3.8, 4) is 22.3 Å². The highest BCUT2D eigenvalue weighted by atomic mass is 16.3. The maximum Gasteiger partial charge on any atom is 0.137 e. The zero-order valence-electron chi connectivity index (χ0n) is 31.3. The Hall–Kier alpha value is -7.82. The molecule has 0 spiro atoms. The molecule has 0 N–H and O–H groups in total. The van der Waals surface area contributed by atoms with E-state index in [0.717, 1.165) is 61.2 Å². The quantitative estimate of drug-likeness (QED) is 0.164. The summed E-state index contributed by atoms with van der Waals surface area (Å²) in [6.07, 6.45) is 0. The van der Waals surface area contributed by atoms with Crippen LogP contribution in [-0.2, 0) is 0 Å². The number of furan rings is 1. The number of aromatic nitrogens is 2. The highest BCUT2D eigenvalue weighted by Gasteiger charge is 2.24. The highest BCUT2D eigenvalue weighted by molar-refractivity contribution is 6.25. The van der Waals surface area contributed by atoms with Gasteiger partial charge < -0.3 is 18.1 Å². The minimum Gasteiger partial charge on any atom is -0.456 e. The van der Waals surface area contributed by atoms with E-state index in [1.165, 1.54) is 54.7 Å². The van der Waals surface area contributed by atoms with Gasteiger partial charge in [-0.25, -0.2) is 0 Å². The summed E-state index contributed by atoms with van der Waals surface area (Å²) in [6.45, 7) is 0. The Balaban J connectivity index is 1.15. The van der Waals surface area contributed by atoms with Crippen molar-refractivity contribution in [1.82, 2.24) is 8.80 Å². The molecule has 270 valence electrons. The molecule has 0 saturated heterocycles. The molecule has 9 aromatic carbocycles. The third-order valence-electron chi connectivity index (χ3n) is 12.2. The molecular weight excluding hydrogens is 707 g/mol. The normalized spacial score (nSPS) is 12.1. The second kappa shape index (κ2) is 11.8. The van der Waals surface area contributed by atoms with E-state index in [9.17, 15) is 0 Å². The Kier molecular flexibility index (Phi) is 6.41. The van der Waals surface area contributed by atoms with Gasteiger partial charge in [0.05, 0.1) is 33.1 Å². The van der Waals surface area contributed by atoms with E-state index in [1.54, 1.807) is 0 Å². The van der Waals surface area contributed by atoms with Gasteiger partial charge >= 0.3 is 0 Å². The van der Waals surface area contributed by atoms with Crippen LogP contribution in [0.5, 0.6) is 0 Å². The number of anilines is 3. The molecule has 0 bridgehead atoms. The molecule has 0 radical (unpaired) electrons. The summed E-state index contributed by atoms with van der Waals surface area (Å²) < 4.78 is 11.5. The van der Waals surface area contributed by atoms with E-state index in [-0.39, 0.29) is 0 Å². The molecule has 0 aliphatic heterocycles. The molecule has 13 rings (SSSR count). The standard InChI is InChI=1S/C54H33N3O/c1-3-13-34(14-4-1)36-29-37(35-15-5-2-6-16-35)31-40(30-36)55(39-23-25-44-43-19-9-12-22-51(43)58-52(44)33-39)38-24-28-49-50(32-38)57-48-21-11-8-18-42(48)46-27-26-45-41-17-7-10-20-47(41)56(49)53(45)54(46)57/h1-33H. The van der Waals surface area contributed by atoms with Gasteiger partial charge in [-0.2, -0.15) is 0 Å². The second-order valence-electron chi connectivity index (χ2n) is 15.4. The highest BCUT2D eigenvalue weighted by Crippen LogP contribution is 2.46. The third-order valence-corrected chi connectivity index (χ3v) is 12.2. The summed E-state index contributed by atoms with van der Waals surface area (Å²) in [5.74, 6) is 0. The number of hydrogen-bond donors (Lipinski definition) is 0. The number of nitrogens with zero attached hydrogens (tertiary/aromatic N) is 3. The van der Waals surface area contributed by atoms with E-state index in [0.29, 0.717) is 0 Å². The summed E-state index contributed by atoms with van der Waals surface area (Å²) in [5, 5.41) is 7.28. The maximum atomic E-state index is 6.54. The minimum absolute atomic E-state index is 0.859. The molecule has 58 heavy (non-hydrogen) atoms. The zero-order valence-corrected chi connectivity index (χ0v) is 31.3. The maximum absolute atomic E-state index is 6.54. The summed E-state index contributed by atoms with van der Waals surface area (Å²) >= 11 is 0. The lowest BCUT2D eigenvalue weighted by Crippen LogP contribution is -2.11. The summed E-state index contributed by atoms with van der Waals surface area (Å²) in [4.78, 5) is 2.40. The average molecular weight is 740 g/mol. The first kappa shape index (κ1) is 31.4. The van der Waals surface area contributed by atoms with Crippen LogP contribution in [-0.4, -0.2) is 8.80 Å². The van der Waals surface area contributed by atoms with Crippen molar-refractivity contribution < 1.29 is 4.42 Å². The number of fused-ring (bicyclic) bond motifs is 12. The van der Waals surface area contributed by atoms with Crippen molar-refractivity contribution in [2.24, 2.45) is 0 Å². The minimum atomic E-state index is 0.859. The second-order valence-corrected chi connectivity index (χ2v) is 15.4. The van der Waals surface area contributed by atoms with Gasteiger partial charge in [-0.1, -0.05) is 127 Å². The largest absolute Gasteiger partial charge is 0.456 e. The van der Waals surface area contributed by atoms with Crippen molar-refractivity contribution >= 4 is 93.6 Å². The number of benzene rings is 9. The molecular formula is C54H33N3O. The lowest BCUT2D eigenvalue weighted by Gasteiger charge is -2.27. The molecule has 4 heteroatoms. The van der Waals surface area contributed by atoms with Crippen LogP contribution < -0.4 is 4.90 Å². The fraction of sp³-hybridized carbons (Fsp3) is 0. The van der Waals surface area contributed by atoms with Crippen LogP contribution >= 0.6 is 0 Å². The van der Waals surface area contributed by atoms with Crippen molar-refractivity contribution in [1.29, 1.82) is 0 Å². The van der Waals surface area contributed by atoms with E-state index in [2.05, 4.69) is 202 Å². The van der Waals surface area contributed by atoms with Crippen LogP contribution in [0, 0.1) is 0 Å². The molecule has 0 atom stereocenters. The van der Waals surface area contributed by atoms with Gasteiger partial charge in [-0.3, -0.25) is 0 Å². The predicted molar refractivity (Wildman–Crippen MR) is 242 cm³/mol. The van der Waals surface area contributed by atoms with Crippen molar-refractivity contribution in [3.63, 3.8) is 0 Å². The third kappa shape index (κ3) is 4.40. The number of rotatable bonds is 5. The van der Waals surface area contributed by atoms with Crippen LogP contribution in [0.2, 0.25) is 0 Å². The van der Waals surface area contributed by atoms with Crippen LogP contribution in [0.3, 0.4) is 0 Å². The first-order valence-electron chi connectivity index (χ1n) is 19.8. The van der Waals surface area contributed by atoms with E-state index in [4.69, 9.17) is 4.42 Å². The van der Waals surface area contributed by atoms with E-state index < -0.39 is 0 Å². The summed E-state index contributed by atoms with van der Waals surface area (Å²) in [7, 11) is 0. The Labute approximate surface area is 333 Å². The zero-order chi connectivity index (χ0) is 37.9. The molecule has 0 aliphatic carbocycles. The lowest BCUT2D eigenvalue weighted by molar-refractivity contribution is 0.669.